The van der Waals surface area contributed by atoms with Gasteiger partial charge in [0.25, 0.3) is 0 Å². The Morgan fingerprint density at radius 3 is 2.63 bits per heavy atom. The first-order valence-electron chi connectivity index (χ1n) is 5.88. The fourth-order valence-electron chi connectivity index (χ4n) is 2.16. The van der Waals surface area contributed by atoms with Crippen molar-refractivity contribution in [1.82, 2.24) is 5.32 Å². The van der Waals surface area contributed by atoms with Crippen LogP contribution in [0.1, 0.15) is 23.5 Å². The Balaban J connectivity index is 2.00. The summed E-state index contributed by atoms with van der Waals surface area (Å²) in [5, 5.41) is 11.0. The van der Waals surface area contributed by atoms with Crippen molar-refractivity contribution in [3.05, 3.63) is 35.4 Å². The normalized spacial score (nSPS) is 18.4. The third-order valence-corrected chi connectivity index (χ3v) is 3.20. The predicted octanol–water partition coefficient (Wildman–Crippen LogP) is 1.55. The van der Waals surface area contributed by atoms with Gasteiger partial charge in [-0.1, -0.05) is 24.3 Å². The van der Waals surface area contributed by atoms with E-state index in [0.717, 1.165) is 11.1 Å². The lowest BCUT2D eigenvalue weighted by molar-refractivity contribution is -0.143. The van der Waals surface area contributed by atoms with E-state index in [1.54, 1.807) is 12.1 Å². The maximum absolute atomic E-state index is 12.2. The van der Waals surface area contributed by atoms with Crippen molar-refractivity contribution in [3.8, 4) is 0 Å². The van der Waals surface area contributed by atoms with Crippen molar-refractivity contribution in [2.75, 3.05) is 0 Å². The number of alkyl halides is 2. The molecule has 2 unspecified atom stereocenters. The number of carbonyl (C=O) groups is 2. The van der Waals surface area contributed by atoms with Crippen LogP contribution >= 0.6 is 0 Å². The molecule has 1 aromatic carbocycles. The first-order valence-corrected chi connectivity index (χ1v) is 5.88. The van der Waals surface area contributed by atoms with Gasteiger partial charge < -0.3 is 10.4 Å². The number of rotatable bonds is 5. The number of benzene rings is 1. The highest BCUT2D eigenvalue weighted by atomic mass is 19.3. The number of nitrogens with one attached hydrogen (secondary N) is 1. The van der Waals surface area contributed by atoms with E-state index in [1.807, 2.05) is 12.1 Å². The molecule has 102 valence electrons. The van der Waals surface area contributed by atoms with Crippen LogP contribution in [-0.4, -0.2) is 29.5 Å². The van der Waals surface area contributed by atoms with Crippen LogP contribution in [0.5, 0.6) is 0 Å². The SMILES string of the molecule is O=C(O)C(CC(F)F)NC(=O)C1Cc2ccccc21. The molecule has 1 aromatic rings. The molecule has 19 heavy (non-hydrogen) atoms. The summed E-state index contributed by atoms with van der Waals surface area (Å²) in [7, 11) is 0. The monoisotopic (exact) mass is 269 g/mol. The van der Waals surface area contributed by atoms with E-state index in [4.69, 9.17) is 5.11 Å². The lowest BCUT2D eigenvalue weighted by Crippen LogP contribution is -2.46. The highest BCUT2D eigenvalue weighted by Gasteiger charge is 2.34. The molecule has 2 rings (SSSR count). The van der Waals surface area contributed by atoms with Crippen LogP contribution in [0.25, 0.3) is 0 Å². The van der Waals surface area contributed by atoms with Crippen LogP contribution in [-0.2, 0) is 16.0 Å². The minimum absolute atomic E-state index is 0.435. The van der Waals surface area contributed by atoms with Crippen LogP contribution in [0.2, 0.25) is 0 Å². The lowest BCUT2D eigenvalue weighted by Gasteiger charge is -2.30. The second kappa shape index (κ2) is 5.34. The Labute approximate surface area is 108 Å². The topological polar surface area (TPSA) is 66.4 Å². The first kappa shape index (κ1) is 13.5. The third-order valence-electron chi connectivity index (χ3n) is 3.20. The molecule has 0 saturated carbocycles. The van der Waals surface area contributed by atoms with Crippen molar-refractivity contribution in [1.29, 1.82) is 0 Å². The number of aliphatic carboxylic acids is 1. The van der Waals surface area contributed by atoms with Gasteiger partial charge >= 0.3 is 5.97 Å². The zero-order valence-electron chi connectivity index (χ0n) is 9.98. The molecule has 0 bridgehead atoms. The van der Waals surface area contributed by atoms with Gasteiger partial charge in [-0.25, -0.2) is 13.6 Å². The van der Waals surface area contributed by atoms with Crippen LogP contribution in [0.4, 0.5) is 8.78 Å². The van der Waals surface area contributed by atoms with E-state index in [-0.39, 0.29) is 0 Å². The van der Waals surface area contributed by atoms with Gasteiger partial charge in [-0.2, -0.15) is 0 Å². The molecule has 0 heterocycles. The molecule has 0 aromatic heterocycles. The zero-order chi connectivity index (χ0) is 14.0. The Hall–Kier alpha value is -1.98. The van der Waals surface area contributed by atoms with Crippen molar-refractivity contribution in [3.63, 3.8) is 0 Å². The molecule has 1 aliphatic carbocycles. The third kappa shape index (κ3) is 2.89. The standard InChI is InChI=1S/C13H13F2NO3/c14-11(15)6-10(13(18)19)16-12(17)9-5-7-3-1-2-4-8(7)9/h1-4,9-11H,5-6H2,(H,16,17)(H,18,19). The number of carbonyl (C=O) groups excluding carboxylic acids is 1. The second-order valence-corrected chi connectivity index (χ2v) is 4.48. The summed E-state index contributed by atoms with van der Waals surface area (Å²) in [6.45, 7) is 0. The van der Waals surface area contributed by atoms with Gasteiger partial charge in [0, 0.05) is 6.42 Å². The Morgan fingerprint density at radius 2 is 2.05 bits per heavy atom. The molecule has 6 heteroatoms. The summed E-state index contributed by atoms with van der Waals surface area (Å²) in [5.74, 6) is -2.39. The minimum Gasteiger partial charge on any atom is -0.480 e. The molecule has 2 N–H and O–H groups in total. The molecular formula is C13H13F2NO3. The molecule has 0 fully saturated rings. The summed E-state index contributed by atoms with van der Waals surface area (Å²) in [5.41, 5.74) is 1.87. The van der Waals surface area contributed by atoms with Crippen LogP contribution in [0.3, 0.4) is 0 Å². The average Bonchev–Trinajstić information content (AvgIpc) is 2.29. The first-order chi connectivity index (χ1) is 8.99. The highest BCUT2D eigenvalue weighted by molar-refractivity contribution is 5.90. The molecule has 1 aliphatic rings. The smallest absolute Gasteiger partial charge is 0.326 e. The Morgan fingerprint density at radius 1 is 1.37 bits per heavy atom. The van der Waals surface area contributed by atoms with Gasteiger partial charge in [-0.05, 0) is 17.5 Å². The molecule has 0 aliphatic heterocycles. The molecular weight excluding hydrogens is 256 g/mol. The molecule has 4 nitrogen and oxygen atoms in total. The summed E-state index contributed by atoms with van der Waals surface area (Å²) < 4.78 is 24.4. The van der Waals surface area contributed by atoms with Gasteiger partial charge in [0.1, 0.15) is 6.04 Å². The van der Waals surface area contributed by atoms with Gasteiger partial charge in [-0.15, -0.1) is 0 Å². The minimum atomic E-state index is -2.77. The van der Waals surface area contributed by atoms with Crippen molar-refractivity contribution < 1.29 is 23.5 Å². The van der Waals surface area contributed by atoms with E-state index in [2.05, 4.69) is 5.32 Å². The Kier molecular flexibility index (Phi) is 3.78. The summed E-state index contributed by atoms with van der Waals surface area (Å²) in [6, 6.07) is 5.76. The molecule has 0 spiro atoms. The van der Waals surface area contributed by atoms with Crippen LogP contribution in [0, 0.1) is 0 Å². The maximum atomic E-state index is 12.2. The molecule has 2 atom stereocenters. The highest BCUT2D eigenvalue weighted by Crippen LogP contribution is 2.34. The summed E-state index contributed by atoms with van der Waals surface area (Å²) in [6.07, 6.45) is -3.13. The van der Waals surface area contributed by atoms with Crippen molar-refractivity contribution in [2.45, 2.75) is 31.2 Å². The van der Waals surface area contributed by atoms with E-state index >= 15 is 0 Å². The van der Waals surface area contributed by atoms with E-state index in [0.29, 0.717) is 6.42 Å². The number of hydrogen-bond donors (Lipinski definition) is 2. The summed E-state index contributed by atoms with van der Waals surface area (Å²) >= 11 is 0. The Bertz CT molecular complexity index is 504. The average molecular weight is 269 g/mol. The fraction of sp³-hybridized carbons (Fsp3) is 0.385. The van der Waals surface area contributed by atoms with Gasteiger partial charge in [-0.3, -0.25) is 4.79 Å². The molecule has 1 amide bonds. The largest absolute Gasteiger partial charge is 0.480 e. The fourth-order valence-corrected chi connectivity index (χ4v) is 2.16. The molecule has 0 radical (unpaired) electrons. The van der Waals surface area contributed by atoms with Gasteiger partial charge in [0.2, 0.25) is 12.3 Å². The van der Waals surface area contributed by atoms with Crippen molar-refractivity contribution >= 4 is 11.9 Å². The van der Waals surface area contributed by atoms with Gasteiger partial charge in [0.05, 0.1) is 5.92 Å². The maximum Gasteiger partial charge on any atom is 0.326 e. The number of hydrogen-bond acceptors (Lipinski definition) is 2. The van der Waals surface area contributed by atoms with E-state index < -0.39 is 36.7 Å². The predicted molar refractivity (Wildman–Crippen MR) is 63.1 cm³/mol. The second-order valence-electron chi connectivity index (χ2n) is 4.48. The summed E-state index contributed by atoms with van der Waals surface area (Å²) in [4.78, 5) is 22.7. The number of amides is 1. The van der Waals surface area contributed by atoms with Gasteiger partial charge in [0.15, 0.2) is 0 Å². The number of carboxylic acids is 1. The quantitative estimate of drug-likeness (QED) is 0.852. The van der Waals surface area contributed by atoms with E-state index in [9.17, 15) is 18.4 Å². The number of halogens is 2. The number of carboxylic acid groups (broad SMARTS) is 1. The zero-order valence-corrected chi connectivity index (χ0v) is 9.98. The number of fused-ring (bicyclic) bond motifs is 1. The van der Waals surface area contributed by atoms with Crippen LogP contribution < -0.4 is 5.32 Å². The van der Waals surface area contributed by atoms with Crippen molar-refractivity contribution in [2.24, 2.45) is 0 Å². The van der Waals surface area contributed by atoms with E-state index in [1.165, 1.54) is 0 Å². The molecule has 0 saturated heterocycles. The van der Waals surface area contributed by atoms with Crippen LogP contribution in [0.15, 0.2) is 24.3 Å². The lowest BCUT2D eigenvalue weighted by atomic mass is 9.77.